The smallest absolute Gasteiger partial charge is 0.243 e. The van der Waals surface area contributed by atoms with Gasteiger partial charge in [0.15, 0.2) is 0 Å². The molecule has 1 atom stereocenters. The molecule has 0 heterocycles. The standard InChI is InChI=1S/C25H34N2O3S/c1-7-22(24(29)26-25(3,4)5)27(16-19-9-8-10-20(15-19)30-6)23(28)17-31-21-13-11-18(2)12-14-21/h8-15,22H,7,16-17H2,1-6H3,(H,26,29)/t22-/m1/s1. The summed E-state index contributed by atoms with van der Waals surface area (Å²) < 4.78 is 5.33. The molecule has 0 unspecified atom stereocenters. The minimum absolute atomic E-state index is 0.0655. The minimum atomic E-state index is -0.545. The van der Waals surface area contributed by atoms with E-state index < -0.39 is 6.04 Å². The number of carbonyl (C=O) groups excluding carboxylic acids is 2. The molecule has 5 nitrogen and oxygen atoms in total. The number of nitrogens with zero attached hydrogens (tertiary/aromatic N) is 1. The van der Waals surface area contributed by atoms with Crippen LogP contribution in [0.4, 0.5) is 0 Å². The van der Waals surface area contributed by atoms with Crippen molar-refractivity contribution < 1.29 is 14.3 Å². The Bertz CT molecular complexity index is 875. The number of rotatable bonds is 9. The van der Waals surface area contributed by atoms with Crippen LogP contribution in [0, 0.1) is 6.92 Å². The van der Waals surface area contributed by atoms with Gasteiger partial charge in [-0.2, -0.15) is 0 Å². The molecular weight excluding hydrogens is 408 g/mol. The Kier molecular flexibility index (Phi) is 8.99. The Morgan fingerprint density at radius 2 is 1.81 bits per heavy atom. The van der Waals surface area contributed by atoms with Gasteiger partial charge >= 0.3 is 0 Å². The Balaban J connectivity index is 2.24. The Morgan fingerprint density at radius 1 is 1.13 bits per heavy atom. The zero-order chi connectivity index (χ0) is 23.0. The highest BCUT2D eigenvalue weighted by molar-refractivity contribution is 8.00. The molecule has 0 aromatic heterocycles. The summed E-state index contributed by atoms with van der Waals surface area (Å²) in [6.45, 7) is 10.2. The lowest BCUT2D eigenvalue weighted by Crippen LogP contribution is -2.53. The molecule has 6 heteroatoms. The second kappa shape index (κ2) is 11.2. The molecule has 0 fully saturated rings. The maximum atomic E-state index is 13.3. The summed E-state index contributed by atoms with van der Waals surface area (Å²) >= 11 is 1.49. The molecule has 1 N–H and O–H groups in total. The number of ether oxygens (including phenoxy) is 1. The summed E-state index contributed by atoms with van der Waals surface area (Å²) in [5.74, 6) is 0.800. The number of methoxy groups -OCH3 is 1. The summed E-state index contributed by atoms with van der Waals surface area (Å²) in [4.78, 5) is 29.1. The van der Waals surface area contributed by atoms with Crippen molar-refractivity contribution in [2.75, 3.05) is 12.9 Å². The highest BCUT2D eigenvalue weighted by Gasteiger charge is 2.30. The summed E-state index contributed by atoms with van der Waals surface area (Å²) in [5, 5.41) is 3.03. The molecule has 0 saturated heterocycles. The molecule has 0 spiro atoms. The van der Waals surface area contributed by atoms with Gasteiger partial charge in [0.2, 0.25) is 11.8 Å². The van der Waals surface area contributed by atoms with Crippen molar-refractivity contribution in [2.24, 2.45) is 0 Å². The Morgan fingerprint density at radius 3 is 2.39 bits per heavy atom. The quantitative estimate of drug-likeness (QED) is 0.566. The van der Waals surface area contributed by atoms with E-state index in [0.29, 0.717) is 13.0 Å². The van der Waals surface area contributed by atoms with Crippen LogP contribution < -0.4 is 10.1 Å². The molecule has 2 aromatic rings. The molecule has 0 saturated carbocycles. The van der Waals surface area contributed by atoms with E-state index in [0.717, 1.165) is 16.2 Å². The zero-order valence-corrected chi connectivity index (χ0v) is 20.2. The summed E-state index contributed by atoms with van der Waals surface area (Å²) in [5.41, 5.74) is 1.74. The molecule has 0 aliphatic carbocycles. The van der Waals surface area contributed by atoms with Crippen LogP contribution in [-0.4, -0.2) is 41.2 Å². The molecule has 0 aliphatic heterocycles. The van der Waals surface area contributed by atoms with Gasteiger partial charge < -0.3 is 15.0 Å². The molecule has 2 amide bonds. The largest absolute Gasteiger partial charge is 0.497 e. The number of amides is 2. The van der Waals surface area contributed by atoms with E-state index in [1.165, 1.54) is 17.3 Å². The van der Waals surface area contributed by atoms with Crippen LogP contribution in [0.1, 0.15) is 45.2 Å². The van der Waals surface area contributed by atoms with Gasteiger partial charge in [-0.3, -0.25) is 9.59 Å². The van der Waals surface area contributed by atoms with Crippen molar-refractivity contribution in [3.63, 3.8) is 0 Å². The molecule has 0 bridgehead atoms. The summed E-state index contributed by atoms with van der Waals surface area (Å²) in [6.07, 6.45) is 0.535. The highest BCUT2D eigenvalue weighted by Crippen LogP contribution is 2.22. The first kappa shape index (κ1) is 24.8. The van der Waals surface area contributed by atoms with Crippen molar-refractivity contribution >= 4 is 23.6 Å². The van der Waals surface area contributed by atoms with E-state index in [-0.39, 0.29) is 23.1 Å². The van der Waals surface area contributed by atoms with Crippen LogP contribution >= 0.6 is 11.8 Å². The molecule has 31 heavy (non-hydrogen) atoms. The summed E-state index contributed by atoms with van der Waals surface area (Å²) in [6, 6.07) is 15.2. The van der Waals surface area contributed by atoms with Gasteiger partial charge in [-0.25, -0.2) is 0 Å². The van der Waals surface area contributed by atoms with Gasteiger partial charge in [0.1, 0.15) is 11.8 Å². The van der Waals surface area contributed by atoms with Gasteiger partial charge in [-0.05, 0) is 63.9 Å². The second-order valence-corrected chi connectivity index (χ2v) is 9.69. The van der Waals surface area contributed by atoms with Gasteiger partial charge in [0, 0.05) is 17.0 Å². The van der Waals surface area contributed by atoms with E-state index in [4.69, 9.17) is 4.74 Å². The fraction of sp³-hybridized carbons (Fsp3) is 0.440. The van der Waals surface area contributed by atoms with Crippen LogP contribution in [0.3, 0.4) is 0 Å². The molecule has 0 aliphatic rings. The van der Waals surface area contributed by atoms with E-state index >= 15 is 0 Å². The number of hydrogen-bond donors (Lipinski definition) is 1. The number of nitrogens with one attached hydrogen (secondary N) is 1. The maximum absolute atomic E-state index is 13.3. The fourth-order valence-electron chi connectivity index (χ4n) is 3.20. The maximum Gasteiger partial charge on any atom is 0.243 e. The van der Waals surface area contributed by atoms with Gasteiger partial charge in [0.25, 0.3) is 0 Å². The Labute approximate surface area is 190 Å². The highest BCUT2D eigenvalue weighted by atomic mass is 32.2. The van der Waals surface area contributed by atoms with Crippen LogP contribution in [0.25, 0.3) is 0 Å². The van der Waals surface area contributed by atoms with Crippen LogP contribution in [0.5, 0.6) is 5.75 Å². The second-order valence-electron chi connectivity index (χ2n) is 8.64. The molecule has 2 rings (SSSR count). The van der Waals surface area contributed by atoms with E-state index in [2.05, 4.69) is 5.32 Å². The lowest BCUT2D eigenvalue weighted by Gasteiger charge is -2.33. The van der Waals surface area contributed by atoms with Crippen molar-refractivity contribution in [2.45, 2.75) is 64.1 Å². The van der Waals surface area contributed by atoms with E-state index in [9.17, 15) is 9.59 Å². The van der Waals surface area contributed by atoms with E-state index in [1.807, 2.05) is 83.1 Å². The molecular formula is C25H34N2O3S. The fourth-order valence-corrected chi connectivity index (χ4v) is 3.99. The number of thioether (sulfide) groups is 1. The average molecular weight is 443 g/mol. The van der Waals surface area contributed by atoms with Gasteiger partial charge in [-0.15, -0.1) is 11.8 Å². The topological polar surface area (TPSA) is 58.6 Å². The zero-order valence-electron chi connectivity index (χ0n) is 19.4. The Hall–Kier alpha value is -2.47. The van der Waals surface area contributed by atoms with Crippen LogP contribution in [0.2, 0.25) is 0 Å². The van der Waals surface area contributed by atoms with Crippen molar-refractivity contribution in [3.8, 4) is 5.75 Å². The number of aryl methyl sites for hydroxylation is 1. The normalized spacial score (nSPS) is 12.2. The third-order valence-corrected chi connectivity index (χ3v) is 5.75. The van der Waals surface area contributed by atoms with Gasteiger partial charge in [0.05, 0.1) is 12.9 Å². The van der Waals surface area contributed by atoms with Crippen molar-refractivity contribution in [1.29, 1.82) is 0 Å². The van der Waals surface area contributed by atoms with Crippen LogP contribution in [0.15, 0.2) is 53.4 Å². The van der Waals surface area contributed by atoms with Crippen LogP contribution in [-0.2, 0) is 16.1 Å². The molecule has 0 radical (unpaired) electrons. The predicted octanol–water partition coefficient (Wildman–Crippen LogP) is 4.82. The third-order valence-electron chi connectivity index (χ3n) is 4.75. The SMILES string of the molecule is CC[C@H](C(=O)NC(C)(C)C)N(Cc1cccc(OC)c1)C(=O)CSc1ccc(C)cc1. The monoisotopic (exact) mass is 442 g/mol. The number of carbonyl (C=O) groups is 2. The van der Waals surface area contributed by atoms with E-state index in [1.54, 1.807) is 12.0 Å². The number of hydrogen-bond acceptors (Lipinski definition) is 4. The first-order chi connectivity index (χ1) is 14.6. The first-order valence-corrected chi connectivity index (χ1v) is 11.6. The molecule has 2 aromatic carbocycles. The number of benzene rings is 2. The average Bonchev–Trinajstić information content (AvgIpc) is 2.71. The van der Waals surface area contributed by atoms with Crippen molar-refractivity contribution in [3.05, 3.63) is 59.7 Å². The first-order valence-electron chi connectivity index (χ1n) is 10.6. The predicted molar refractivity (Wildman–Crippen MR) is 127 cm³/mol. The minimum Gasteiger partial charge on any atom is -0.497 e. The third kappa shape index (κ3) is 7.94. The van der Waals surface area contributed by atoms with Crippen molar-refractivity contribution in [1.82, 2.24) is 10.2 Å². The lowest BCUT2D eigenvalue weighted by atomic mass is 10.1. The van der Waals surface area contributed by atoms with Gasteiger partial charge in [-0.1, -0.05) is 36.8 Å². The lowest BCUT2D eigenvalue weighted by molar-refractivity contribution is -0.140. The molecule has 168 valence electrons. The summed E-state index contributed by atoms with van der Waals surface area (Å²) in [7, 11) is 1.62.